The van der Waals surface area contributed by atoms with Crippen LogP contribution >= 0.6 is 11.6 Å². The molecule has 4 amide bonds. The molecule has 0 aromatic heterocycles. The molecular formula is C17H20ClN3O3. The molecule has 6 nitrogen and oxygen atoms in total. The number of amides is 4. The molecule has 1 saturated carbocycles. The second kappa shape index (κ2) is 6.81. The van der Waals surface area contributed by atoms with E-state index < -0.39 is 6.03 Å². The van der Waals surface area contributed by atoms with Crippen LogP contribution in [0, 0.1) is 0 Å². The zero-order valence-corrected chi connectivity index (χ0v) is 14.1. The first-order valence-electron chi connectivity index (χ1n) is 8.11. The maximum absolute atomic E-state index is 12.2. The highest BCUT2D eigenvalue weighted by atomic mass is 35.5. The first-order valence-corrected chi connectivity index (χ1v) is 8.49. The van der Waals surface area contributed by atoms with Crippen molar-refractivity contribution in [2.24, 2.45) is 0 Å². The molecule has 0 atom stereocenters. The molecule has 1 aromatic rings. The fourth-order valence-corrected chi connectivity index (χ4v) is 3.63. The van der Waals surface area contributed by atoms with Gasteiger partial charge in [-0.2, -0.15) is 0 Å². The van der Waals surface area contributed by atoms with Gasteiger partial charge in [0.05, 0.1) is 6.54 Å². The maximum Gasteiger partial charge on any atom is 0.325 e. The van der Waals surface area contributed by atoms with E-state index in [2.05, 4.69) is 10.6 Å². The van der Waals surface area contributed by atoms with Crippen LogP contribution in [0.3, 0.4) is 0 Å². The van der Waals surface area contributed by atoms with Crippen LogP contribution in [0.25, 0.3) is 0 Å². The summed E-state index contributed by atoms with van der Waals surface area (Å²) >= 11 is 5.97. The molecule has 2 aliphatic rings. The van der Waals surface area contributed by atoms with Crippen LogP contribution in [0.15, 0.2) is 24.3 Å². The number of carbonyl (C=O) groups excluding carboxylic acids is 3. The van der Waals surface area contributed by atoms with E-state index in [0.717, 1.165) is 30.6 Å². The predicted molar refractivity (Wildman–Crippen MR) is 89.7 cm³/mol. The largest absolute Gasteiger partial charge is 0.354 e. The maximum atomic E-state index is 12.2. The SMILES string of the molecule is O=C(CN1C(=O)CNC1=O)NCC1(c2ccc(Cl)cc2)CCCC1. The lowest BCUT2D eigenvalue weighted by molar-refractivity contribution is -0.130. The van der Waals surface area contributed by atoms with Gasteiger partial charge in [-0.3, -0.25) is 14.5 Å². The average Bonchev–Trinajstić information content (AvgIpc) is 3.17. The molecule has 1 heterocycles. The Labute approximate surface area is 145 Å². The molecule has 2 N–H and O–H groups in total. The summed E-state index contributed by atoms with van der Waals surface area (Å²) in [5.74, 6) is -0.691. The van der Waals surface area contributed by atoms with Crippen LogP contribution in [0.2, 0.25) is 5.02 Å². The quantitative estimate of drug-likeness (QED) is 0.796. The number of benzene rings is 1. The predicted octanol–water partition coefficient (Wildman–Crippen LogP) is 1.82. The van der Waals surface area contributed by atoms with Crippen molar-refractivity contribution in [3.63, 3.8) is 0 Å². The van der Waals surface area contributed by atoms with E-state index in [9.17, 15) is 14.4 Å². The van der Waals surface area contributed by atoms with Gasteiger partial charge in [0, 0.05) is 17.0 Å². The van der Waals surface area contributed by atoms with E-state index in [-0.39, 0.29) is 30.3 Å². The highest BCUT2D eigenvalue weighted by Gasteiger charge is 2.36. The number of nitrogens with zero attached hydrogens (tertiary/aromatic N) is 1. The Morgan fingerprint density at radius 2 is 1.88 bits per heavy atom. The number of imide groups is 1. The number of urea groups is 1. The number of halogens is 1. The lowest BCUT2D eigenvalue weighted by Gasteiger charge is -2.30. The van der Waals surface area contributed by atoms with Crippen molar-refractivity contribution >= 4 is 29.4 Å². The fraction of sp³-hybridized carbons (Fsp3) is 0.471. The van der Waals surface area contributed by atoms with Gasteiger partial charge in [0.25, 0.3) is 5.91 Å². The summed E-state index contributed by atoms with van der Waals surface area (Å²) in [7, 11) is 0. The summed E-state index contributed by atoms with van der Waals surface area (Å²) in [6.07, 6.45) is 4.23. The minimum atomic E-state index is -0.511. The van der Waals surface area contributed by atoms with Gasteiger partial charge in [-0.15, -0.1) is 0 Å². The zero-order valence-electron chi connectivity index (χ0n) is 13.3. The Morgan fingerprint density at radius 3 is 2.46 bits per heavy atom. The number of nitrogens with one attached hydrogen (secondary N) is 2. The lowest BCUT2D eigenvalue weighted by Crippen LogP contribution is -2.45. The highest BCUT2D eigenvalue weighted by molar-refractivity contribution is 6.30. The topological polar surface area (TPSA) is 78.5 Å². The van der Waals surface area contributed by atoms with Crippen LogP contribution in [0.1, 0.15) is 31.2 Å². The van der Waals surface area contributed by atoms with Crippen molar-refractivity contribution < 1.29 is 14.4 Å². The minimum absolute atomic E-state index is 0.0408. The third-order valence-corrected chi connectivity index (χ3v) is 5.13. The minimum Gasteiger partial charge on any atom is -0.354 e. The standard InChI is InChI=1S/C17H20ClN3O3/c18-13-5-3-12(4-6-13)17(7-1-2-8-17)11-20-14(22)10-21-15(23)9-19-16(21)24/h3-6H,1-2,7-11H2,(H,19,24)(H,20,22). The van der Waals surface area contributed by atoms with Crippen LogP contribution in [-0.4, -0.2) is 42.4 Å². The molecule has 128 valence electrons. The number of carbonyl (C=O) groups is 3. The molecule has 0 radical (unpaired) electrons. The third kappa shape index (κ3) is 3.38. The fourth-order valence-electron chi connectivity index (χ4n) is 3.51. The monoisotopic (exact) mass is 349 g/mol. The van der Waals surface area contributed by atoms with Gasteiger partial charge in [0.1, 0.15) is 6.54 Å². The van der Waals surface area contributed by atoms with Gasteiger partial charge >= 0.3 is 6.03 Å². The molecule has 1 aliphatic heterocycles. The Hall–Kier alpha value is -2.08. The smallest absolute Gasteiger partial charge is 0.325 e. The second-order valence-corrected chi connectivity index (χ2v) is 6.85. The zero-order chi connectivity index (χ0) is 17.2. The number of rotatable bonds is 5. The molecule has 3 rings (SSSR count). The normalized spacial score (nSPS) is 19.5. The van der Waals surface area contributed by atoms with Gasteiger partial charge < -0.3 is 10.6 Å². The van der Waals surface area contributed by atoms with Crippen LogP contribution in [0.5, 0.6) is 0 Å². The molecule has 0 unspecified atom stereocenters. The molecule has 1 saturated heterocycles. The second-order valence-electron chi connectivity index (χ2n) is 6.41. The molecule has 2 fully saturated rings. The van der Waals surface area contributed by atoms with E-state index in [1.54, 1.807) is 0 Å². The Kier molecular flexibility index (Phi) is 4.76. The lowest BCUT2D eigenvalue weighted by atomic mass is 9.79. The first-order chi connectivity index (χ1) is 11.5. The molecule has 1 aromatic carbocycles. The van der Waals surface area contributed by atoms with Crippen LogP contribution in [0.4, 0.5) is 4.79 Å². The van der Waals surface area contributed by atoms with Crippen LogP contribution in [-0.2, 0) is 15.0 Å². The molecule has 7 heteroatoms. The van der Waals surface area contributed by atoms with E-state index in [0.29, 0.717) is 11.6 Å². The van der Waals surface area contributed by atoms with Crippen molar-refractivity contribution in [2.45, 2.75) is 31.1 Å². The van der Waals surface area contributed by atoms with Crippen molar-refractivity contribution in [1.29, 1.82) is 0 Å². The summed E-state index contributed by atoms with van der Waals surface area (Å²) in [6.45, 7) is 0.222. The van der Waals surface area contributed by atoms with E-state index in [1.165, 1.54) is 5.56 Å². The van der Waals surface area contributed by atoms with Crippen molar-refractivity contribution in [1.82, 2.24) is 15.5 Å². The number of hydrogen-bond donors (Lipinski definition) is 2. The average molecular weight is 350 g/mol. The van der Waals surface area contributed by atoms with Crippen molar-refractivity contribution in [3.05, 3.63) is 34.9 Å². The molecule has 24 heavy (non-hydrogen) atoms. The Morgan fingerprint density at radius 1 is 1.21 bits per heavy atom. The Balaban J connectivity index is 1.64. The van der Waals surface area contributed by atoms with E-state index in [4.69, 9.17) is 11.6 Å². The molecule has 0 bridgehead atoms. The van der Waals surface area contributed by atoms with Crippen LogP contribution < -0.4 is 10.6 Å². The van der Waals surface area contributed by atoms with Gasteiger partial charge in [0.15, 0.2) is 0 Å². The highest BCUT2D eigenvalue weighted by Crippen LogP contribution is 2.40. The van der Waals surface area contributed by atoms with E-state index >= 15 is 0 Å². The summed E-state index contributed by atoms with van der Waals surface area (Å²) in [4.78, 5) is 36.2. The molecular weight excluding hydrogens is 330 g/mol. The first kappa shape index (κ1) is 16.8. The summed E-state index contributed by atoms with van der Waals surface area (Å²) in [5.41, 5.74) is 1.07. The van der Waals surface area contributed by atoms with Gasteiger partial charge in [-0.25, -0.2) is 4.79 Å². The van der Waals surface area contributed by atoms with Gasteiger partial charge in [-0.05, 0) is 30.5 Å². The van der Waals surface area contributed by atoms with Gasteiger partial charge in [0.2, 0.25) is 5.91 Å². The number of hydrogen-bond acceptors (Lipinski definition) is 3. The third-order valence-electron chi connectivity index (χ3n) is 4.88. The van der Waals surface area contributed by atoms with Gasteiger partial charge in [-0.1, -0.05) is 36.6 Å². The molecule has 1 aliphatic carbocycles. The van der Waals surface area contributed by atoms with E-state index in [1.807, 2.05) is 24.3 Å². The summed E-state index contributed by atoms with van der Waals surface area (Å²) in [6, 6.07) is 7.25. The molecule has 0 spiro atoms. The Bertz CT molecular complexity index is 638. The summed E-state index contributed by atoms with van der Waals surface area (Å²) < 4.78 is 0. The van der Waals surface area contributed by atoms with Crippen molar-refractivity contribution in [3.8, 4) is 0 Å². The summed E-state index contributed by atoms with van der Waals surface area (Å²) in [5, 5.41) is 6.00. The van der Waals surface area contributed by atoms with Crippen molar-refractivity contribution in [2.75, 3.05) is 19.6 Å².